The van der Waals surface area contributed by atoms with E-state index in [1.54, 1.807) is 52.0 Å². The highest BCUT2D eigenvalue weighted by Gasteiger charge is 2.34. The van der Waals surface area contributed by atoms with Crippen LogP contribution in [-0.4, -0.2) is 89.1 Å². The smallest absolute Gasteiger partial charge is 0.408 e. The van der Waals surface area contributed by atoms with Crippen LogP contribution in [0, 0.1) is 0 Å². The van der Waals surface area contributed by atoms with Gasteiger partial charge in [-0.15, -0.1) is 0 Å². The Bertz CT molecular complexity index is 1870. The third-order valence-corrected chi connectivity index (χ3v) is 10.3. The van der Waals surface area contributed by atoms with Crippen LogP contribution in [0.3, 0.4) is 0 Å². The molecule has 0 radical (unpaired) electrons. The summed E-state index contributed by atoms with van der Waals surface area (Å²) in [7, 11) is -6.26. The number of hydrogen-bond acceptors (Lipinski definition) is 10. The maximum atomic E-state index is 13.6. The minimum Gasteiger partial charge on any atom is -0.408 e. The average Bonchev–Trinajstić information content (AvgIpc) is 3.05. The van der Waals surface area contributed by atoms with Crippen molar-refractivity contribution in [2.75, 3.05) is 40.3 Å². The van der Waals surface area contributed by atoms with Crippen molar-refractivity contribution in [3.8, 4) is 22.6 Å². The largest absolute Gasteiger partial charge is 0.415 e. The molecule has 0 saturated carbocycles. The SMILES string of the molecule is CCN(CC)C(=O)Oc1c(S(=O)(=O)NC)cc2cccnc2c1-c1c(OC(=O)N(CC)CC)c(S(=O)(=O)NC)cc2cccnc12. The Balaban J connectivity index is 2.33. The number of carbonyl (C=O) groups is 2. The molecule has 246 valence electrons. The quantitative estimate of drug-likeness (QED) is 0.237. The van der Waals surface area contributed by atoms with Gasteiger partial charge in [-0.25, -0.2) is 35.9 Å². The van der Waals surface area contributed by atoms with Gasteiger partial charge < -0.3 is 19.3 Å². The summed E-state index contributed by atoms with van der Waals surface area (Å²) in [6.45, 7) is 7.91. The van der Waals surface area contributed by atoms with E-state index in [0.717, 1.165) is 0 Å². The molecule has 0 aliphatic carbocycles. The van der Waals surface area contributed by atoms with Crippen molar-refractivity contribution in [1.82, 2.24) is 29.2 Å². The fourth-order valence-corrected chi connectivity index (χ4v) is 6.69. The van der Waals surface area contributed by atoms with Gasteiger partial charge in [0.25, 0.3) is 0 Å². The Hall–Kier alpha value is -4.38. The molecule has 0 aliphatic rings. The Morgan fingerprint density at radius 3 is 1.33 bits per heavy atom. The number of rotatable bonds is 11. The summed E-state index contributed by atoms with van der Waals surface area (Å²) in [4.78, 5) is 37.8. The summed E-state index contributed by atoms with van der Waals surface area (Å²) in [5, 5.41) is 0.613. The van der Waals surface area contributed by atoms with Gasteiger partial charge in [0, 0.05) is 49.3 Å². The van der Waals surface area contributed by atoms with Crippen LogP contribution in [0.2, 0.25) is 0 Å². The number of aromatic nitrogens is 2. The normalized spacial score (nSPS) is 11.9. The van der Waals surface area contributed by atoms with Crippen LogP contribution in [-0.2, 0) is 20.0 Å². The number of carbonyl (C=O) groups excluding carboxylic acids is 2. The molecule has 0 aliphatic heterocycles. The molecule has 16 heteroatoms. The molecule has 4 aromatic rings. The number of hydrogen-bond donors (Lipinski definition) is 2. The minimum atomic E-state index is -4.33. The van der Waals surface area contributed by atoms with Crippen molar-refractivity contribution in [1.29, 1.82) is 0 Å². The van der Waals surface area contributed by atoms with Crippen molar-refractivity contribution in [3.63, 3.8) is 0 Å². The number of nitrogens with zero attached hydrogens (tertiary/aromatic N) is 4. The van der Waals surface area contributed by atoms with E-state index in [1.165, 1.54) is 48.4 Å². The van der Waals surface area contributed by atoms with Gasteiger partial charge in [0.05, 0.1) is 22.2 Å². The molecule has 46 heavy (non-hydrogen) atoms. The van der Waals surface area contributed by atoms with Gasteiger partial charge in [-0.1, -0.05) is 12.1 Å². The second kappa shape index (κ2) is 13.9. The first kappa shape index (κ1) is 34.5. The zero-order valence-corrected chi connectivity index (χ0v) is 28.0. The van der Waals surface area contributed by atoms with Crippen molar-refractivity contribution in [3.05, 3.63) is 48.8 Å². The first-order valence-electron chi connectivity index (χ1n) is 14.5. The van der Waals surface area contributed by atoms with E-state index in [2.05, 4.69) is 19.4 Å². The van der Waals surface area contributed by atoms with E-state index < -0.39 is 53.5 Å². The molecule has 2 amide bonds. The zero-order valence-electron chi connectivity index (χ0n) is 26.3. The Morgan fingerprint density at radius 1 is 0.674 bits per heavy atom. The fraction of sp³-hybridized carbons (Fsp3) is 0.333. The number of sulfonamides is 2. The predicted octanol–water partition coefficient (Wildman–Crippen LogP) is 3.95. The molecule has 0 fully saturated rings. The topological polar surface area (TPSA) is 177 Å². The number of nitrogens with one attached hydrogen (secondary N) is 2. The van der Waals surface area contributed by atoms with E-state index in [4.69, 9.17) is 9.47 Å². The van der Waals surface area contributed by atoms with Gasteiger partial charge in [0.15, 0.2) is 11.5 Å². The summed E-state index contributed by atoms with van der Waals surface area (Å²) >= 11 is 0. The van der Waals surface area contributed by atoms with Crippen LogP contribution in [0.25, 0.3) is 32.9 Å². The molecular formula is C30H36N6O8S2. The van der Waals surface area contributed by atoms with Gasteiger partial charge >= 0.3 is 12.2 Å². The fourth-order valence-electron chi connectivity index (χ4n) is 4.91. The molecule has 0 saturated heterocycles. The molecule has 14 nitrogen and oxygen atoms in total. The summed E-state index contributed by atoms with van der Waals surface area (Å²) in [6.07, 6.45) is 1.15. The van der Waals surface area contributed by atoms with Crippen LogP contribution in [0.15, 0.2) is 58.6 Å². The Labute approximate surface area is 267 Å². The van der Waals surface area contributed by atoms with Gasteiger partial charge in [-0.2, -0.15) is 0 Å². The second-order valence-corrected chi connectivity index (χ2v) is 13.5. The van der Waals surface area contributed by atoms with Crippen LogP contribution < -0.4 is 18.9 Å². The van der Waals surface area contributed by atoms with E-state index >= 15 is 0 Å². The predicted molar refractivity (Wildman–Crippen MR) is 173 cm³/mol. The van der Waals surface area contributed by atoms with E-state index in [9.17, 15) is 26.4 Å². The van der Waals surface area contributed by atoms with Gasteiger partial charge in [0.1, 0.15) is 9.79 Å². The van der Waals surface area contributed by atoms with Gasteiger partial charge in [0.2, 0.25) is 20.0 Å². The number of fused-ring (bicyclic) bond motifs is 2. The standard InChI is InChI=1S/C30H36N6O8S2/c1-7-35(8-2)29(37)43-27-21(45(39,40)31-5)17-19-13-11-15-33-25(19)23(27)24-26-20(14-12-16-34-26)18-22(46(41,42)32-6)28(24)44-30(38)36(9-3)10-4/h11-18,31-32H,7-10H2,1-6H3. The van der Waals surface area contributed by atoms with Gasteiger partial charge in [-0.3, -0.25) is 9.97 Å². The summed E-state index contributed by atoms with van der Waals surface area (Å²) < 4.78 is 70.6. The summed E-state index contributed by atoms with van der Waals surface area (Å²) in [5.41, 5.74) is 0.0234. The zero-order chi connectivity index (χ0) is 33.8. The lowest BCUT2D eigenvalue weighted by atomic mass is 9.96. The highest BCUT2D eigenvalue weighted by Crippen LogP contribution is 2.49. The monoisotopic (exact) mass is 672 g/mol. The van der Waals surface area contributed by atoms with Crippen LogP contribution >= 0.6 is 0 Å². The molecule has 2 aromatic carbocycles. The molecule has 4 rings (SSSR count). The molecular weight excluding hydrogens is 636 g/mol. The molecule has 2 heterocycles. The average molecular weight is 673 g/mol. The lowest BCUT2D eigenvalue weighted by Crippen LogP contribution is -2.34. The molecule has 0 bridgehead atoms. The summed E-state index contributed by atoms with van der Waals surface area (Å²) in [6, 6.07) is 8.97. The van der Waals surface area contributed by atoms with E-state index in [-0.39, 0.29) is 48.3 Å². The number of benzene rings is 2. The highest BCUT2D eigenvalue weighted by molar-refractivity contribution is 7.90. The van der Waals surface area contributed by atoms with Gasteiger partial charge in [-0.05, 0) is 66.1 Å². The van der Waals surface area contributed by atoms with Crippen molar-refractivity contribution >= 4 is 54.0 Å². The molecule has 0 unspecified atom stereocenters. The summed E-state index contributed by atoms with van der Waals surface area (Å²) in [5.74, 6) is -0.910. The van der Waals surface area contributed by atoms with Crippen molar-refractivity contribution in [2.24, 2.45) is 0 Å². The third-order valence-electron chi connectivity index (χ3n) is 7.41. The number of pyridine rings is 2. The van der Waals surface area contributed by atoms with E-state index in [0.29, 0.717) is 10.8 Å². The molecule has 0 spiro atoms. The maximum absolute atomic E-state index is 13.6. The lowest BCUT2D eigenvalue weighted by molar-refractivity contribution is 0.154. The lowest BCUT2D eigenvalue weighted by Gasteiger charge is -2.25. The first-order chi connectivity index (χ1) is 21.9. The maximum Gasteiger partial charge on any atom is 0.415 e. The Morgan fingerprint density at radius 2 is 1.02 bits per heavy atom. The highest BCUT2D eigenvalue weighted by atomic mass is 32.2. The second-order valence-electron chi connectivity index (χ2n) is 9.80. The Kier molecular flexibility index (Phi) is 10.5. The van der Waals surface area contributed by atoms with Crippen molar-refractivity contribution in [2.45, 2.75) is 37.5 Å². The molecule has 2 N–H and O–H groups in total. The molecule has 2 aromatic heterocycles. The van der Waals surface area contributed by atoms with Crippen LogP contribution in [0.4, 0.5) is 9.59 Å². The third kappa shape index (κ3) is 6.46. The number of amides is 2. The first-order valence-corrected chi connectivity index (χ1v) is 17.5. The molecule has 0 atom stereocenters. The van der Waals surface area contributed by atoms with E-state index in [1.807, 2.05) is 0 Å². The van der Waals surface area contributed by atoms with Crippen LogP contribution in [0.5, 0.6) is 11.5 Å². The van der Waals surface area contributed by atoms with Crippen LogP contribution in [0.1, 0.15) is 27.7 Å². The minimum absolute atomic E-state index is 0.119. The van der Waals surface area contributed by atoms with Crippen molar-refractivity contribution < 1.29 is 35.9 Å². The number of ether oxygens (including phenoxy) is 2.